The van der Waals surface area contributed by atoms with Crippen molar-refractivity contribution >= 4 is 15.9 Å². The zero-order valence-corrected chi connectivity index (χ0v) is 11.3. The lowest BCUT2D eigenvalue weighted by molar-refractivity contribution is 0.410. The summed E-state index contributed by atoms with van der Waals surface area (Å²) < 4.78 is 11.6. The van der Waals surface area contributed by atoms with Crippen molar-refractivity contribution in [2.45, 2.75) is 6.54 Å². The highest BCUT2D eigenvalue weighted by Gasteiger charge is 2.09. The fraction of sp³-hybridized carbons (Fsp3) is 0.167. The number of rotatable bonds is 4. The lowest BCUT2D eigenvalue weighted by atomic mass is 10.3. The topological polar surface area (TPSA) is 70.3 Å². The first-order chi connectivity index (χ1) is 8.74. The average molecular weight is 310 g/mol. The van der Waals surface area contributed by atoms with Crippen LogP contribution < -0.4 is 15.2 Å². The van der Waals surface area contributed by atoms with Crippen LogP contribution >= 0.6 is 15.9 Å². The third-order valence-corrected chi connectivity index (χ3v) is 2.95. The standard InChI is InChI=1S/C12H12BrN3O2/c1-17-9-2-3-11(10(13)6-9)18-12-8(7-14)4-5-15-16-12/h2-6H,7,14H2,1H3. The van der Waals surface area contributed by atoms with Crippen LogP contribution in [0, 0.1) is 0 Å². The molecule has 0 fully saturated rings. The van der Waals surface area contributed by atoms with Crippen molar-refractivity contribution in [1.82, 2.24) is 10.2 Å². The van der Waals surface area contributed by atoms with E-state index in [-0.39, 0.29) is 0 Å². The van der Waals surface area contributed by atoms with Crippen LogP contribution in [0.5, 0.6) is 17.4 Å². The molecule has 18 heavy (non-hydrogen) atoms. The van der Waals surface area contributed by atoms with Crippen LogP contribution in [0.1, 0.15) is 5.56 Å². The molecule has 2 N–H and O–H groups in total. The SMILES string of the molecule is COc1ccc(Oc2nnccc2CN)c(Br)c1. The number of nitrogens with zero attached hydrogens (tertiary/aromatic N) is 2. The molecule has 2 rings (SSSR count). The van der Waals surface area contributed by atoms with Crippen LogP contribution in [0.4, 0.5) is 0 Å². The Morgan fingerprint density at radius 1 is 1.33 bits per heavy atom. The first-order valence-corrected chi connectivity index (χ1v) is 6.06. The third-order valence-electron chi connectivity index (χ3n) is 2.33. The second kappa shape index (κ2) is 5.79. The zero-order chi connectivity index (χ0) is 13.0. The van der Waals surface area contributed by atoms with Crippen LogP contribution in [-0.4, -0.2) is 17.3 Å². The molecule has 1 aromatic heterocycles. The van der Waals surface area contributed by atoms with E-state index in [1.54, 1.807) is 31.5 Å². The van der Waals surface area contributed by atoms with Crippen molar-refractivity contribution < 1.29 is 9.47 Å². The molecule has 0 aliphatic heterocycles. The minimum Gasteiger partial charge on any atom is -0.497 e. The van der Waals surface area contributed by atoms with Gasteiger partial charge in [-0.25, -0.2) is 0 Å². The fourth-order valence-corrected chi connectivity index (χ4v) is 1.82. The molecule has 0 amide bonds. The van der Waals surface area contributed by atoms with E-state index >= 15 is 0 Å². The van der Waals surface area contributed by atoms with E-state index in [0.29, 0.717) is 18.2 Å². The lowest BCUT2D eigenvalue weighted by Crippen LogP contribution is -2.02. The van der Waals surface area contributed by atoms with Gasteiger partial charge in [0.05, 0.1) is 17.8 Å². The number of benzene rings is 1. The van der Waals surface area contributed by atoms with E-state index in [1.165, 1.54) is 0 Å². The maximum Gasteiger partial charge on any atom is 0.243 e. The van der Waals surface area contributed by atoms with Gasteiger partial charge in [-0.2, -0.15) is 5.10 Å². The molecule has 1 aromatic carbocycles. The lowest BCUT2D eigenvalue weighted by Gasteiger charge is -2.10. The molecule has 0 radical (unpaired) electrons. The van der Waals surface area contributed by atoms with Gasteiger partial charge in [-0.1, -0.05) is 0 Å². The van der Waals surface area contributed by atoms with Crippen LogP contribution in [0.15, 0.2) is 34.9 Å². The van der Waals surface area contributed by atoms with Gasteiger partial charge in [-0.15, -0.1) is 5.10 Å². The first kappa shape index (κ1) is 12.8. The molecule has 2 aromatic rings. The van der Waals surface area contributed by atoms with Crippen molar-refractivity contribution in [3.8, 4) is 17.4 Å². The zero-order valence-electron chi connectivity index (χ0n) is 9.76. The molecule has 94 valence electrons. The van der Waals surface area contributed by atoms with Crippen molar-refractivity contribution in [1.29, 1.82) is 0 Å². The predicted octanol–water partition coefficient (Wildman–Crippen LogP) is 2.50. The summed E-state index contributed by atoms with van der Waals surface area (Å²) in [5.41, 5.74) is 6.41. The number of ether oxygens (including phenoxy) is 2. The molecule has 0 spiro atoms. The van der Waals surface area contributed by atoms with Gasteiger partial charge in [0.15, 0.2) is 0 Å². The minimum atomic E-state index is 0.346. The predicted molar refractivity (Wildman–Crippen MR) is 70.7 cm³/mol. The summed E-state index contributed by atoms with van der Waals surface area (Å²) in [7, 11) is 1.61. The largest absolute Gasteiger partial charge is 0.497 e. The Balaban J connectivity index is 2.28. The van der Waals surface area contributed by atoms with E-state index in [4.69, 9.17) is 15.2 Å². The highest BCUT2D eigenvalue weighted by Crippen LogP contribution is 2.32. The molecule has 1 heterocycles. The van der Waals surface area contributed by atoms with Crippen molar-refractivity contribution in [2.75, 3.05) is 7.11 Å². The van der Waals surface area contributed by atoms with Crippen LogP contribution in [0.25, 0.3) is 0 Å². The third kappa shape index (κ3) is 2.77. The van der Waals surface area contributed by atoms with E-state index in [1.807, 2.05) is 6.07 Å². The highest BCUT2D eigenvalue weighted by atomic mass is 79.9. The van der Waals surface area contributed by atoms with Crippen LogP contribution in [0.3, 0.4) is 0 Å². The Kier molecular flexibility index (Phi) is 4.11. The Bertz CT molecular complexity index is 549. The maximum absolute atomic E-state index is 5.67. The van der Waals surface area contributed by atoms with Gasteiger partial charge >= 0.3 is 0 Å². The van der Waals surface area contributed by atoms with Gasteiger partial charge in [0.1, 0.15) is 11.5 Å². The molecule has 0 atom stereocenters. The quantitative estimate of drug-likeness (QED) is 0.939. The van der Waals surface area contributed by atoms with Gasteiger partial charge in [0.2, 0.25) is 5.88 Å². The molecule has 0 saturated heterocycles. The van der Waals surface area contributed by atoms with Crippen molar-refractivity contribution in [3.63, 3.8) is 0 Å². The molecule has 0 aliphatic rings. The molecule has 0 aliphatic carbocycles. The summed E-state index contributed by atoms with van der Waals surface area (Å²) in [4.78, 5) is 0. The first-order valence-electron chi connectivity index (χ1n) is 5.26. The smallest absolute Gasteiger partial charge is 0.243 e. The van der Waals surface area contributed by atoms with E-state index < -0.39 is 0 Å². The minimum absolute atomic E-state index is 0.346. The van der Waals surface area contributed by atoms with Crippen molar-refractivity contribution in [3.05, 3.63) is 40.5 Å². The number of nitrogens with two attached hydrogens (primary N) is 1. The Labute approximate surface area is 113 Å². The van der Waals surface area contributed by atoms with E-state index in [0.717, 1.165) is 15.8 Å². The normalized spacial score (nSPS) is 10.2. The fourth-order valence-electron chi connectivity index (χ4n) is 1.38. The summed E-state index contributed by atoms with van der Waals surface area (Å²) in [5, 5.41) is 7.71. The van der Waals surface area contributed by atoms with Gasteiger partial charge in [0, 0.05) is 12.1 Å². The molecule has 6 heteroatoms. The summed E-state index contributed by atoms with van der Waals surface area (Å²) in [6.45, 7) is 0.346. The molecular formula is C12H12BrN3O2. The second-order valence-corrected chi connectivity index (χ2v) is 4.32. The summed E-state index contributed by atoms with van der Waals surface area (Å²) >= 11 is 3.41. The Morgan fingerprint density at radius 2 is 2.17 bits per heavy atom. The average Bonchev–Trinajstić information content (AvgIpc) is 2.41. The molecular weight excluding hydrogens is 298 g/mol. The molecule has 0 saturated carbocycles. The summed E-state index contributed by atoms with van der Waals surface area (Å²) in [6, 6.07) is 7.18. The van der Waals surface area contributed by atoms with Gasteiger partial charge in [-0.3, -0.25) is 0 Å². The summed E-state index contributed by atoms with van der Waals surface area (Å²) in [5.74, 6) is 1.78. The molecule has 0 unspecified atom stereocenters. The Morgan fingerprint density at radius 3 is 2.83 bits per heavy atom. The number of halogens is 1. The van der Waals surface area contributed by atoms with Crippen LogP contribution in [0.2, 0.25) is 0 Å². The monoisotopic (exact) mass is 309 g/mol. The maximum atomic E-state index is 5.67. The van der Waals surface area contributed by atoms with Gasteiger partial charge in [0.25, 0.3) is 0 Å². The number of hydrogen-bond donors (Lipinski definition) is 1. The highest BCUT2D eigenvalue weighted by molar-refractivity contribution is 9.10. The molecule has 0 bridgehead atoms. The number of aromatic nitrogens is 2. The Hall–Kier alpha value is -1.66. The number of methoxy groups -OCH3 is 1. The number of hydrogen-bond acceptors (Lipinski definition) is 5. The van der Waals surface area contributed by atoms with Crippen molar-refractivity contribution in [2.24, 2.45) is 5.73 Å². The summed E-state index contributed by atoms with van der Waals surface area (Å²) in [6.07, 6.45) is 1.58. The second-order valence-electron chi connectivity index (χ2n) is 3.46. The van der Waals surface area contributed by atoms with Crippen LogP contribution in [-0.2, 0) is 6.54 Å². The van der Waals surface area contributed by atoms with Gasteiger partial charge < -0.3 is 15.2 Å². The van der Waals surface area contributed by atoms with E-state index in [9.17, 15) is 0 Å². The van der Waals surface area contributed by atoms with Gasteiger partial charge in [-0.05, 0) is 40.2 Å². The van der Waals surface area contributed by atoms with E-state index in [2.05, 4.69) is 26.1 Å². The molecule has 5 nitrogen and oxygen atoms in total.